The van der Waals surface area contributed by atoms with Crippen molar-refractivity contribution >= 4 is 0 Å². The Balaban J connectivity index is 1.59. The van der Waals surface area contributed by atoms with Crippen LogP contribution in [0, 0.1) is 17.8 Å². The van der Waals surface area contributed by atoms with Crippen LogP contribution >= 0.6 is 0 Å². The summed E-state index contributed by atoms with van der Waals surface area (Å²) in [7, 11) is 0. The Labute approximate surface area is 151 Å². The average Bonchev–Trinajstić information content (AvgIpc) is 2.52. The van der Waals surface area contributed by atoms with E-state index < -0.39 is 0 Å². The molecule has 0 aromatic heterocycles. The van der Waals surface area contributed by atoms with E-state index in [1.54, 1.807) is 0 Å². The zero-order chi connectivity index (χ0) is 17.2. The van der Waals surface area contributed by atoms with Gasteiger partial charge >= 0.3 is 0 Å². The average molecular weight is 338 g/mol. The monoisotopic (exact) mass is 337 g/mol. The Morgan fingerprint density at radius 3 is 2.88 bits per heavy atom. The molecule has 3 aliphatic carbocycles. The van der Waals surface area contributed by atoms with Crippen LogP contribution in [0.25, 0.3) is 0 Å². The minimum absolute atomic E-state index is 0.224. The lowest BCUT2D eigenvalue weighted by Crippen LogP contribution is -2.63. The minimum atomic E-state index is 0.224. The first-order valence-corrected chi connectivity index (χ1v) is 10.3. The van der Waals surface area contributed by atoms with Crippen LogP contribution in [-0.4, -0.2) is 29.1 Å². The number of fused-ring (bicyclic) bond motifs is 1. The Kier molecular flexibility index (Phi) is 3.57. The van der Waals surface area contributed by atoms with Crippen molar-refractivity contribution in [2.24, 2.45) is 17.8 Å². The number of phenols is 1. The third-order valence-corrected chi connectivity index (χ3v) is 7.93. The van der Waals surface area contributed by atoms with E-state index in [-0.39, 0.29) is 5.41 Å². The lowest BCUT2D eigenvalue weighted by molar-refractivity contribution is -0.0376. The lowest BCUT2D eigenvalue weighted by atomic mass is 9.49. The second-order valence-corrected chi connectivity index (χ2v) is 9.44. The summed E-state index contributed by atoms with van der Waals surface area (Å²) in [5.41, 5.74) is 4.58. The predicted molar refractivity (Wildman–Crippen MR) is 102 cm³/mol. The van der Waals surface area contributed by atoms with Crippen LogP contribution in [0.3, 0.4) is 0 Å². The Bertz CT molecular complexity index is 706. The van der Waals surface area contributed by atoms with Crippen molar-refractivity contribution < 1.29 is 5.11 Å². The van der Waals surface area contributed by atoms with E-state index in [2.05, 4.69) is 30.5 Å². The summed E-state index contributed by atoms with van der Waals surface area (Å²) in [6, 6.07) is 6.87. The third kappa shape index (κ3) is 2.33. The summed E-state index contributed by atoms with van der Waals surface area (Å²) in [6.45, 7) is 9.41. The Morgan fingerprint density at radius 1 is 1.28 bits per heavy atom. The first-order chi connectivity index (χ1) is 12.1. The SMILES string of the molecule is C=C1CC(C)[C@H]2[C@H]3Cc4ccc(O)cc4[C@@]2(CCN3CC2CCC2)C1. The molecule has 1 unspecified atom stereocenters. The first kappa shape index (κ1) is 15.9. The topological polar surface area (TPSA) is 23.5 Å². The van der Waals surface area contributed by atoms with Gasteiger partial charge in [-0.3, -0.25) is 4.90 Å². The Hall–Kier alpha value is -1.28. The first-order valence-electron chi connectivity index (χ1n) is 10.3. The fourth-order valence-corrected chi connectivity index (χ4v) is 6.83. The van der Waals surface area contributed by atoms with Gasteiger partial charge in [-0.25, -0.2) is 0 Å². The van der Waals surface area contributed by atoms with Gasteiger partial charge in [-0.05, 0) is 86.1 Å². The normalized spacial score (nSPS) is 38.0. The molecule has 25 heavy (non-hydrogen) atoms. The maximum absolute atomic E-state index is 10.2. The molecule has 1 aromatic rings. The quantitative estimate of drug-likeness (QED) is 0.793. The molecule has 134 valence electrons. The predicted octanol–water partition coefficient (Wildman–Crippen LogP) is 4.66. The number of hydrogen-bond donors (Lipinski definition) is 1. The van der Waals surface area contributed by atoms with E-state index >= 15 is 0 Å². The summed E-state index contributed by atoms with van der Waals surface area (Å²) >= 11 is 0. The standard InChI is InChI=1S/C23H31NO/c1-15-10-16(2)22-21-11-18-6-7-19(25)12-20(18)23(22,13-15)8-9-24(21)14-17-4-3-5-17/h6-7,12,16-17,21-22,25H,1,3-5,8-11,13-14H2,2H3/t16?,21-,22+,23-/m1/s1. The Morgan fingerprint density at radius 2 is 2.12 bits per heavy atom. The second kappa shape index (κ2) is 5.61. The molecule has 2 nitrogen and oxygen atoms in total. The van der Waals surface area contributed by atoms with Gasteiger partial charge in [0.25, 0.3) is 0 Å². The number of benzene rings is 1. The third-order valence-electron chi connectivity index (χ3n) is 7.93. The molecule has 1 N–H and O–H groups in total. The molecule has 0 radical (unpaired) electrons. The molecular weight excluding hydrogens is 306 g/mol. The molecule has 2 heteroatoms. The van der Waals surface area contributed by atoms with Crippen LogP contribution in [0.5, 0.6) is 5.75 Å². The van der Waals surface area contributed by atoms with Crippen molar-refractivity contribution in [1.29, 1.82) is 0 Å². The van der Waals surface area contributed by atoms with Crippen LogP contribution in [0.2, 0.25) is 0 Å². The van der Waals surface area contributed by atoms with Gasteiger partial charge in [0, 0.05) is 18.0 Å². The van der Waals surface area contributed by atoms with Crippen LogP contribution < -0.4 is 0 Å². The smallest absolute Gasteiger partial charge is 0.115 e. The van der Waals surface area contributed by atoms with Crippen LogP contribution in [0.4, 0.5) is 0 Å². The fourth-order valence-electron chi connectivity index (χ4n) is 6.83. The maximum Gasteiger partial charge on any atom is 0.115 e. The molecule has 3 fully saturated rings. The molecule has 1 aromatic carbocycles. The number of piperidine rings is 1. The van der Waals surface area contributed by atoms with E-state index in [0.717, 1.165) is 18.3 Å². The molecule has 4 atom stereocenters. The molecule has 1 heterocycles. The summed E-state index contributed by atoms with van der Waals surface area (Å²) in [4.78, 5) is 2.85. The van der Waals surface area contributed by atoms with Gasteiger partial charge < -0.3 is 5.11 Å². The van der Waals surface area contributed by atoms with Gasteiger partial charge in [0.1, 0.15) is 5.75 Å². The fraction of sp³-hybridized carbons (Fsp3) is 0.652. The number of likely N-dealkylation sites (tertiary alicyclic amines) is 1. The second-order valence-electron chi connectivity index (χ2n) is 9.44. The number of aromatic hydroxyl groups is 1. The van der Waals surface area contributed by atoms with Gasteiger partial charge in [0.05, 0.1) is 0 Å². The van der Waals surface area contributed by atoms with Crippen molar-refractivity contribution in [2.45, 2.75) is 63.3 Å². The molecule has 5 rings (SSSR count). The number of nitrogens with zero attached hydrogens (tertiary/aromatic N) is 1. The van der Waals surface area contributed by atoms with Crippen LogP contribution in [0.1, 0.15) is 56.6 Å². The largest absolute Gasteiger partial charge is 0.508 e. The number of allylic oxidation sites excluding steroid dienone is 1. The molecule has 1 saturated heterocycles. The highest BCUT2D eigenvalue weighted by atomic mass is 16.3. The molecule has 4 aliphatic rings. The number of phenolic OH excluding ortho intramolecular Hbond substituents is 1. The number of hydrogen-bond acceptors (Lipinski definition) is 2. The van der Waals surface area contributed by atoms with Crippen LogP contribution in [0.15, 0.2) is 30.4 Å². The zero-order valence-corrected chi connectivity index (χ0v) is 15.5. The van der Waals surface area contributed by atoms with Gasteiger partial charge in [-0.2, -0.15) is 0 Å². The van der Waals surface area contributed by atoms with Gasteiger partial charge in [-0.1, -0.05) is 31.6 Å². The molecule has 1 aliphatic heterocycles. The van der Waals surface area contributed by atoms with Crippen molar-refractivity contribution in [3.05, 3.63) is 41.5 Å². The maximum atomic E-state index is 10.2. The number of rotatable bonds is 2. The van der Waals surface area contributed by atoms with E-state index in [9.17, 15) is 5.11 Å². The highest BCUT2D eigenvalue weighted by Crippen LogP contribution is 2.59. The van der Waals surface area contributed by atoms with Crippen molar-refractivity contribution in [3.8, 4) is 5.75 Å². The molecule has 0 spiro atoms. The highest BCUT2D eigenvalue weighted by molar-refractivity contribution is 5.46. The molecular formula is C23H31NO. The zero-order valence-electron chi connectivity index (χ0n) is 15.5. The van der Waals surface area contributed by atoms with E-state index in [1.165, 1.54) is 68.3 Å². The van der Waals surface area contributed by atoms with E-state index in [4.69, 9.17) is 0 Å². The van der Waals surface area contributed by atoms with Crippen molar-refractivity contribution in [1.82, 2.24) is 4.90 Å². The van der Waals surface area contributed by atoms with Crippen molar-refractivity contribution in [2.75, 3.05) is 13.1 Å². The molecule has 0 amide bonds. The molecule has 2 bridgehead atoms. The summed E-state index contributed by atoms with van der Waals surface area (Å²) < 4.78 is 0. The van der Waals surface area contributed by atoms with Gasteiger partial charge in [-0.15, -0.1) is 0 Å². The van der Waals surface area contributed by atoms with Gasteiger partial charge in [0.2, 0.25) is 0 Å². The summed E-state index contributed by atoms with van der Waals surface area (Å²) in [6.07, 6.45) is 9.05. The lowest BCUT2D eigenvalue weighted by Gasteiger charge is -2.62. The van der Waals surface area contributed by atoms with E-state index in [0.29, 0.717) is 17.7 Å². The summed E-state index contributed by atoms with van der Waals surface area (Å²) in [5.74, 6) is 2.81. The highest BCUT2D eigenvalue weighted by Gasteiger charge is 2.56. The van der Waals surface area contributed by atoms with Gasteiger partial charge in [0.15, 0.2) is 0 Å². The minimum Gasteiger partial charge on any atom is -0.508 e. The summed E-state index contributed by atoms with van der Waals surface area (Å²) in [5, 5.41) is 10.2. The van der Waals surface area contributed by atoms with Crippen LogP contribution in [-0.2, 0) is 11.8 Å². The molecule has 2 saturated carbocycles. The van der Waals surface area contributed by atoms with E-state index in [1.807, 2.05) is 6.07 Å². The van der Waals surface area contributed by atoms with Crippen molar-refractivity contribution in [3.63, 3.8) is 0 Å².